The molecule has 1 aliphatic carbocycles. The molecule has 0 spiro atoms. The van der Waals surface area contributed by atoms with Gasteiger partial charge in [-0.3, -0.25) is 0 Å². The molecule has 0 amide bonds. The first-order valence-corrected chi connectivity index (χ1v) is 10.4. The van der Waals surface area contributed by atoms with E-state index in [4.69, 9.17) is 14.4 Å². The van der Waals surface area contributed by atoms with Crippen LogP contribution >= 0.6 is 0 Å². The number of hydrogen-bond donors (Lipinski definition) is 1. The molecule has 1 fully saturated rings. The highest BCUT2D eigenvalue weighted by Crippen LogP contribution is 2.31. The third-order valence-electron chi connectivity index (χ3n) is 6.27. The van der Waals surface area contributed by atoms with Gasteiger partial charge in [-0.05, 0) is 50.3 Å². The first-order valence-electron chi connectivity index (χ1n) is 10.4. The predicted octanol–water partition coefficient (Wildman–Crippen LogP) is 5.33. The first-order chi connectivity index (χ1) is 13.2. The van der Waals surface area contributed by atoms with Crippen molar-refractivity contribution in [1.29, 1.82) is 0 Å². The largest absolute Gasteiger partial charge is 0.424 e. The highest BCUT2D eigenvalue weighted by atomic mass is 16.4. The second-order valence-electron chi connectivity index (χ2n) is 8.39. The van der Waals surface area contributed by atoms with Crippen LogP contribution in [0.1, 0.15) is 57.0 Å². The lowest BCUT2D eigenvalue weighted by Gasteiger charge is -2.21. The number of anilines is 1. The minimum atomic E-state index is 0.496. The number of oxazole rings is 1. The van der Waals surface area contributed by atoms with Gasteiger partial charge in [-0.2, -0.15) is 4.98 Å². The highest BCUT2D eigenvalue weighted by molar-refractivity contribution is 5.81. The fourth-order valence-electron chi connectivity index (χ4n) is 4.64. The number of hydrogen-bond acceptors (Lipinski definition) is 4. The molecule has 2 aromatic heterocycles. The van der Waals surface area contributed by atoms with Crippen molar-refractivity contribution >= 4 is 17.1 Å². The summed E-state index contributed by atoms with van der Waals surface area (Å²) >= 11 is 0. The summed E-state index contributed by atoms with van der Waals surface area (Å²) in [5.41, 5.74) is 5.23. The van der Waals surface area contributed by atoms with E-state index in [-0.39, 0.29) is 0 Å². The third-order valence-corrected chi connectivity index (χ3v) is 6.27. The molecule has 0 radical (unpaired) electrons. The SMILES string of the molecule is Cc1c(-c2ccc3oc(NC4CCCCC4)nc3c2)nc2n1CCC(C)C2. The van der Waals surface area contributed by atoms with E-state index in [9.17, 15) is 0 Å². The van der Waals surface area contributed by atoms with Crippen LogP contribution in [0.25, 0.3) is 22.4 Å². The van der Waals surface area contributed by atoms with E-state index in [1.807, 2.05) is 6.07 Å². The smallest absolute Gasteiger partial charge is 0.295 e. The number of imidazole rings is 1. The van der Waals surface area contributed by atoms with E-state index >= 15 is 0 Å². The quantitative estimate of drug-likeness (QED) is 0.683. The van der Waals surface area contributed by atoms with Gasteiger partial charge < -0.3 is 14.3 Å². The molecule has 27 heavy (non-hydrogen) atoms. The number of aromatic nitrogens is 3. The van der Waals surface area contributed by atoms with E-state index in [0.29, 0.717) is 12.1 Å². The van der Waals surface area contributed by atoms with Gasteiger partial charge in [-0.1, -0.05) is 26.2 Å². The Kier molecular flexibility index (Phi) is 4.18. The molecule has 1 saturated carbocycles. The van der Waals surface area contributed by atoms with Crippen molar-refractivity contribution < 1.29 is 4.42 Å². The van der Waals surface area contributed by atoms with E-state index in [1.54, 1.807) is 0 Å². The van der Waals surface area contributed by atoms with Crippen LogP contribution in [0.4, 0.5) is 6.01 Å². The van der Waals surface area contributed by atoms with E-state index in [1.165, 1.54) is 50.0 Å². The van der Waals surface area contributed by atoms with Crippen molar-refractivity contribution in [3.05, 3.63) is 29.7 Å². The van der Waals surface area contributed by atoms with Crippen molar-refractivity contribution in [3.63, 3.8) is 0 Å². The summed E-state index contributed by atoms with van der Waals surface area (Å²) in [6.45, 7) is 5.58. The molecule has 142 valence electrons. The minimum Gasteiger partial charge on any atom is -0.424 e. The maximum absolute atomic E-state index is 5.94. The topological polar surface area (TPSA) is 55.9 Å². The summed E-state index contributed by atoms with van der Waals surface area (Å²) in [5, 5.41) is 3.49. The highest BCUT2D eigenvalue weighted by Gasteiger charge is 2.22. The Bertz CT molecular complexity index is 964. The molecule has 1 aliphatic heterocycles. The maximum Gasteiger partial charge on any atom is 0.295 e. The number of nitrogens with zero attached hydrogens (tertiary/aromatic N) is 3. The lowest BCUT2D eigenvalue weighted by molar-refractivity contribution is 0.405. The second-order valence-corrected chi connectivity index (χ2v) is 8.39. The van der Waals surface area contributed by atoms with Crippen LogP contribution in [0.2, 0.25) is 0 Å². The summed E-state index contributed by atoms with van der Waals surface area (Å²) in [6.07, 6.45) is 8.67. The summed E-state index contributed by atoms with van der Waals surface area (Å²) in [7, 11) is 0. The van der Waals surface area contributed by atoms with Crippen LogP contribution in [-0.2, 0) is 13.0 Å². The number of rotatable bonds is 3. The van der Waals surface area contributed by atoms with Gasteiger partial charge in [0.15, 0.2) is 5.58 Å². The van der Waals surface area contributed by atoms with Crippen LogP contribution in [0.3, 0.4) is 0 Å². The molecule has 1 N–H and O–H groups in total. The molecule has 5 rings (SSSR count). The molecular formula is C22H28N4O. The molecule has 3 heterocycles. The van der Waals surface area contributed by atoms with Crippen LogP contribution in [0, 0.1) is 12.8 Å². The molecule has 0 bridgehead atoms. The zero-order valence-corrected chi connectivity index (χ0v) is 16.3. The Hall–Kier alpha value is -2.30. The number of benzene rings is 1. The summed E-state index contributed by atoms with van der Waals surface area (Å²) in [6, 6.07) is 7.42. The molecule has 1 unspecified atom stereocenters. The van der Waals surface area contributed by atoms with Crippen LogP contribution in [0.5, 0.6) is 0 Å². The Morgan fingerprint density at radius 2 is 1.96 bits per heavy atom. The van der Waals surface area contributed by atoms with Crippen molar-refractivity contribution in [2.45, 2.75) is 71.4 Å². The normalized spacial score (nSPS) is 20.7. The molecule has 3 aromatic rings. The van der Waals surface area contributed by atoms with E-state index < -0.39 is 0 Å². The van der Waals surface area contributed by atoms with E-state index in [0.717, 1.165) is 41.2 Å². The van der Waals surface area contributed by atoms with Crippen molar-refractivity contribution in [1.82, 2.24) is 14.5 Å². The molecule has 1 atom stereocenters. The maximum atomic E-state index is 5.94. The second kappa shape index (κ2) is 6.70. The van der Waals surface area contributed by atoms with Gasteiger partial charge in [0.1, 0.15) is 11.3 Å². The van der Waals surface area contributed by atoms with Gasteiger partial charge in [0.05, 0.1) is 5.69 Å². The zero-order valence-electron chi connectivity index (χ0n) is 16.3. The van der Waals surface area contributed by atoms with Gasteiger partial charge >= 0.3 is 0 Å². The predicted molar refractivity (Wildman–Crippen MR) is 108 cm³/mol. The van der Waals surface area contributed by atoms with Gasteiger partial charge in [0, 0.05) is 30.3 Å². The Labute approximate surface area is 160 Å². The zero-order chi connectivity index (χ0) is 18.4. The summed E-state index contributed by atoms with van der Waals surface area (Å²) in [4.78, 5) is 9.67. The summed E-state index contributed by atoms with van der Waals surface area (Å²) in [5.74, 6) is 1.94. The fraction of sp³-hybridized carbons (Fsp3) is 0.545. The molecule has 5 nitrogen and oxygen atoms in total. The fourth-order valence-corrected chi connectivity index (χ4v) is 4.64. The van der Waals surface area contributed by atoms with Gasteiger partial charge in [-0.15, -0.1) is 0 Å². The van der Waals surface area contributed by atoms with Gasteiger partial charge in [-0.25, -0.2) is 4.98 Å². The lowest BCUT2D eigenvalue weighted by Crippen LogP contribution is -2.22. The average molecular weight is 364 g/mol. The van der Waals surface area contributed by atoms with Crippen LogP contribution in [0.15, 0.2) is 22.6 Å². The standard InChI is InChI=1S/C22H28N4O/c1-14-10-11-26-15(2)21(25-20(26)12-14)16-8-9-19-18(13-16)24-22(27-19)23-17-6-4-3-5-7-17/h8-9,13-14,17H,3-7,10-12H2,1-2H3,(H,23,24). The number of fused-ring (bicyclic) bond motifs is 2. The van der Waals surface area contributed by atoms with Crippen LogP contribution < -0.4 is 5.32 Å². The minimum absolute atomic E-state index is 0.496. The number of nitrogens with one attached hydrogen (secondary N) is 1. The monoisotopic (exact) mass is 364 g/mol. The molecule has 5 heteroatoms. The lowest BCUT2D eigenvalue weighted by atomic mass is 9.96. The van der Waals surface area contributed by atoms with Crippen LogP contribution in [-0.4, -0.2) is 20.6 Å². The Morgan fingerprint density at radius 3 is 2.81 bits per heavy atom. The third kappa shape index (κ3) is 3.13. The molecule has 1 aromatic carbocycles. The summed E-state index contributed by atoms with van der Waals surface area (Å²) < 4.78 is 8.33. The van der Waals surface area contributed by atoms with Gasteiger partial charge in [0.25, 0.3) is 6.01 Å². The average Bonchev–Trinajstić information content (AvgIpc) is 3.22. The molecular weight excluding hydrogens is 336 g/mol. The van der Waals surface area contributed by atoms with Crippen molar-refractivity contribution in [2.75, 3.05) is 5.32 Å². The van der Waals surface area contributed by atoms with E-state index in [2.05, 4.69) is 35.9 Å². The Morgan fingerprint density at radius 1 is 1.11 bits per heavy atom. The Balaban J connectivity index is 1.45. The molecule has 0 saturated heterocycles. The van der Waals surface area contributed by atoms with Crippen molar-refractivity contribution in [3.8, 4) is 11.3 Å². The van der Waals surface area contributed by atoms with Gasteiger partial charge in [0.2, 0.25) is 0 Å². The van der Waals surface area contributed by atoms with Crippen molar-refractivity contribution in [2.24, 2.45) is 5.92 Å². The first kappa shape index (κ1) is 16.8. The molecule has 2 aliphatic rings.